The highest BCUT2D eigenvalue weighted by atomic mass is 16.3. The molecule has 4 aliphatic carbocycles. The number of fused-ring (bicyclic) bond motifs is 3. The fourth-order valence-electron chi connectivity index (χ4n) is 13.5. The van der Waals surface area contributed by atoms with Crippen LogP contribution in [0.1, 0.15) is 99.3 Å². The molecule has 73 heavy (non-hydrogen) atoms. The first kappa shape index (κ1) is 35.6. The minimum atomic E-state index is -2.51. The predicted molar refractivity (Wildman–Crippen MR) is 298 cm³/mol. The van der Waals surface area contributed by atoms with E-state index in [1.165, 1.54) is 6.07 Å². The Labute approximate surface area is 443 Å². The maximum absolute atomic E-state index is 10.7. The topological polar surface area (TPSA) is 64.7 Å². The summed E-state index contributed by atoms with van der Waals surface area (Å²) in [4.78, 5) is 19.2. The van der Waals surface area contributed by atoms with Crippen LogP contribution in [0.5, 0.6) is 0 Å². The van der Waals surface area contributed by atoms with Gasteiger partial charge in [-0.3, -0.25) is 15.0 Å². The molecule has 360 valence electrons. The number of benzene rings is 5. The minimum absolute atomic E-state index is 0.0621. The van der Waals surface area contributed by atoms with Crippen LogP contribution < -0.4 is 0 Å². The first-order valence-corrected chi connectivity index (χ1v) is 25.7. The van der Waals surface area contributed by atoms with Crippen LogP contribution in [-0.4, -0.2) is 19.9 Å². The molecule has 4 saturated carbocycles. The number of aryl methyl sites for hydroxylation is 5. The van der Waals surface area contributed by atoms with Gasteiger partial charge in [0.25, 0.3) is 0 Å². The second-order valence-electron chi connectivity index (χ2n) is 21.3. The van der Waals surface area contributed by atoms with Gasteiger partial charge in [-0.25, -0.2) is 4.98 Å². The molecule has 5 aromatic heterocycles. The van der Waals surface area contributed by atoms with Gasteiger partial charge in [0, 0.05) is 65.5 Å². The number of pyridine rings is 4. The lowest BCUT2D eigenvalue weighted by atomic mass is 9.37. The van der Waals surface area contributed by atoms with Crippen LogP contribution in [0.15, 0.2) is 193 Å². The molecular formula is C68H62N4O. The molecule has 5 nitrogen and oxygen atoms in total. The monoisotopic (exact) mass is 961 g/mol. The average Bonchev–Trinajstić information content (AvgIpc) is 1.63. The molecule has 0 radical (unpaired) electrons. The second-order valence-corrected chi connectivity index (χ2v) is 21.3. The molecule has 0 spiro atoms. The van der Waals surface area contributed by atoms with Crippen molar-refractivity contribution in [3.8, 4) is 56.0 Å². The molecule has 0 amide bonds. The first-order chi connectivity index (χ1) is 39.7. The van der Waals surface area contributed by atoms with Crippen molar-refractivity contribution in [2.24, 2.45) is 22.2 Å². The predicted octanol–water partition coefficient (Wildman–Crippen LogP) is 17.3. The van der Waals surface area contributed by atoms with Crippen LogP contribution in [0.25, 0.3) is 78.1 Å². The third kappa shape index (κ3) is 8.87. The number of hydrogen-bond acceptors (Lipinski definition) is 5. The molecule has 10 aromatic rings. The third-order valence-corrected chi connectivity index (χ3v) is 16.3. The molecule has 4 atom stereocenters. The lowest BCUT2D eigenvalue weighted by molar-refractivity contribution is -0.166. The Hall–Kier alpha value is -7.50. The van der Waals surface area contributed by atoms with Crippen LogP contribution in [0.2, 0.25) is 0 Å². The number of rotatable bonds is 14. The van der Waals surface area contributed by atoms with E-state index in [0.717, 1.165) is 58.5 Å². The zero-order valence-electron chi connectivity index (χ0n) is 50.7. The highest BCUT2D eigenvalue weighted by Crippen LogP contribution is 2.73. The van der Waals surface area contributed by atoms with E-state index < -0.39 is 37.3 Å². The lowest BCUT2D eigenvalue weighted by Gasteiger charge is -2.67. The smallest absolute Gasteiger partial charge is 0.227 e. The van der Waals surface area contributed by atoms with E-state index >= 15 is 0 Å². The molecule has 5 heterocycles. The highest BCUT2D eigenvalue weighted by Gasteiger charge is 2.62. The normalized spacial score (nSPS) is 23.8. The third-order valence-electron chi connectivity index (χ3n) is 16.3. The van der Waals surface area contributed by atoms with Crippen LogP contribution in [0.3, 0.4) is 0 Å². The van der Waals surface area contributed by atoms with Gasteiger partial charge in [0.05, 0.1) is 17.1 Å². The van der Waals surface area contributed by atoms with Gasteiger partial charge in [0.1, 0.15) is 5.58 Å². The average molecular weight is 961 g/mol. The first-order valence-electron chi connectivity index (χ1n) is 30.7. The largest absolute Gasteiger partial charge is 0.437 e. The fraction of sp³-hybridized carbons (Fsp3) is 0.265. The number of hydrogen-bond donors (Lipinski definition) is 0. The molecular weight excluding hydrogens is 889 g/mol. The summed E-state index contributed by atoms with van der Waals surface area (Å²) in [6.07, 6.45) is 7.31. The molecule has 14 rings (SSSR count). The molecule has 4 fully saturated rings. The highest BCUT2D eigenvalue weighted by molar-refractivity contribution is 6.08. The van der Waals surface area contributed by atoms with Gasteiger partial charge in [0.15, 0.2) is 0 Å². The Bertz CT molecular complexity index is 4040. The van der Waals surface area contributed by atoms with Crippen molar-refractivity contribution in [3.63, 3.8) is 0 Å². The maximum atomic E-state index is 10.7. The molecule has 0 aliphatic heterocycles. The van der Waals surface area contributed by atoms with E-state index in [-0.39, 0.29) is 41.1 Å². The molecule has 5 aromatic carbocycles. The van der Waals surface area contributed by atoms with Crippen molar-refractivity contribution in [1.29, 1.82) is 0 Å². The number of nitrogens with zero attached hydrogens (tertiary/aromatic N) is 4. The maximum Gasteiger partial charge on any atom is 0.227 e. The van der Waals surface area contributed by atoms with Crippen molar-refractivity contribution in [3.05, 3.63) is 216 Å². The summed E-state index contributed by atoms with van der Waals surface area (Å²) in [6.45, 7) is -4.95. The van der Waals surface area contributed by atoms with Crippen molar-refractivity contribution in [2.45, 2.75) is 90.7 Å². The van der Waals surface area contributed by atoms with Gasteiger partial charge in [-0.15, -0.1) is 0 Å². The summed E-state index contributed by atoms with van der Waals surface area (Å²) in [5.41, 5.74) is 8.44. The Balaban J connectivity index is 0.908. The summed E-state index contributed by atoms with van der Waals surface area (Å²) in [5.74, 6) is 0.0931. The molecule has 0 N–H and O–H groups in total. The van der Waals surface area contributed by atoms with E-state index in [4.69, 9.17) is 27.6 Å². The van der Waals surface area contributed by atoms with E-state index in [9.17, 15) is 5.48 Å². The SMILES string of the molecule is [2H]C([2H])([2H])c1ccc2c(n1)oc1c(-c3cc(-c4ccc(-c5ccccc5)c(C([2H])([2H])[2H])c4)c(CC([2H])([2H])C45CC6CC(CCc7ccc(-c8ccccc8)nc7)(CC(C([2H])([2H])Cc7ccc(-c8ccccc8)nc7)(C6)C4)C5)cn3)cccc12. The zero-order chi connectivity index (χ0) is 57.6. The van der Waals surface area contributed by atoms with E-state index in [1.54, 1.807) is 18.3 Å². The summed E-state index contributed by atoms with van der Waals surface area (Å²) in [7, 11) is 0. The second kappa shape index (κ2) is 18.5. The lowest BCUT2D eigenvalue weighted by Crippen LogP contribution is -2.57. The Morgan fingerprint density at radius 2 is 1.15 bits per heavy atom. The molecule has 4 unspecified atom stereocenters. The molecule has 4 aliphatic rings. The van der Waals surface area contributed by atoms with Crippen molar-refractivity contribution in [1.82, 2.24) is 19.9 Å². The summed E-state index contributed by atoms with van der Waals surface area (Å²) in [6, 6.07) is 53.9. The van der Waals surface area contributed by atoms with Crippen molar-refractivity contribution in [2.75, 3.05) is 0 Å². The van der Waals surface area contributed by atoms with Crippen LogP contribution >= 0.6 is 0 Å². The summed E-state index contributed by atoms with van der Waals surface area (Å²) < 4.78 is 98.9. The van der Waals surface area contributed by atoms with Gasteiger partial charge < -0.3 is 4.42 Å². The Morgan fingerprint density at radius 3 is 1.82 bits per heavy atom. The zero-order valence-corrected chi connectivity index (χ0v) is 40.7. The Kier molecular flexibility index (Phi) is 9.03. The van der Waals surface area contributed by atoms with E-state index in [2.05, 4.69) is 29.2 Å². The van der Waals surface area contributed by atoms with E-state index in [1.807, 2.05) is 140 Å². The number of aromatic nitrogens is 4. The van der Waals surface area contributed by atoms with Gasteiger partial charge >= 0.3 is 0 Å². The standard InChI is InChI=1S/C68H62N4O/c1-46-35-54(24-26-56(46)51-13-6-3-7-14-51)60-36-63(59-20-12-19-57-58-25-21-47(2)72-65(58)73-64(57)59)71-42-55(60)31-34-68-39-50-37-66(44-68,32-29-48-22-27-61(69-40-48)52-15-8-4-9-16-52)43-67(38-50,45-68)33-30-49-23-28-62(70-41-49)53-17-10-5-11-18-53/h3-28,35-36,40-42,50H,29-34,37-39,43-45H2,1-2H3/i1D3,2D3,32D2,34D2. The quantitative estimate of drug-likeness (QED) is 0.109. The van der Waals surface area contributed by atoms with Crippen LogP contribution in [0.4, 0.5) is 0 Å². The van der Waals surface area contributed by atoms with Gasteiger partial charge in [0.2, 0.25) is 5.71 Å². The summed E-state index contributed by atoms with van der Waals surface area (Å²) >= 11 is 0. The van der Waals surface area contributed by atoms with Crippen molar-refractivity contribution >= 4 is 22.1 Å². The van der Waals surface area contributed by atoms with Crippen molar-refractivity contribution < 1.29 is 18.1 Å². The minimum Gasteiger partial charge on any atom is -0.437 e. The molecule has 5 heteroatoms. The molecule has 4 bridgehead atoms. The van der Waals surface area contributed by atoms with E-state index in [0.29, 0.717) is 82.0 Å². The van der Waals surface area contributed by atoms with Gasteiger partial charge in [-0.1, -0.05) is 133 Å². The van der Waals surface area contributed by atoms with Gasteiger partial charge in [-0.05, 0) is 194 Å². The fourth-order valence-corrected chi connectivity index (χ4v) is 13.5. The summed E-state index contributed by atoms with van der Waals surface area (Å²) in [5, 5.41) is 1.36. The van der Waals surface area contributed by atoms with Gasteiger partial charge in [-0.2, -0.15) is 0 Å². The number of furan rings is 1. The van der Waals surface area contributed by atoms with Crippen LogP contribution in [-0.2, 0) is 19.3 Å². The number of para-hydroxylation sites is 1. The van der Waals surface area contributed by atoms with Crippen LogP contribution in [0, 0.1) is 35.9 Å². The molecule has 0 saturated heterocycles. The Morgan fingerprint density at radius 1 is 0.507 bits per heavy atom.